The zero-order valence-electron chi connectivity index (χ0n) is 15.4. The van der Waals surface area contributed by atoms with Crippen LogP contribution in [0.4, 0.5) is 11.5 Å². The van der Waals surface area contributed by atoms with Crippen LogP contribution in [0.15, 0.2) is 42.6 Å². The van der Waals surface area contributed by atoms with Gasteiger partial charge < -0.3 is 9.80 Å². The van der Waals surface area contributed by atoms with Crippen LogP contribution in [0.3, 0.4) is 0 Å². The van der Waals surface area contributed by atoms with E-state index in [-0.39, 0.29) is 18.1 Å². The van der Waals surface area contributed by atoms with E-state index in [0.717, 1.165) is 4.90 Å². The molecule has 0 N–H and O–H groups in total. The van der Waals surface area contributed by atoms with Gasteiger partial charge in [0.05, 0.1) is 16.1 Å². The van der Waals surface area contributed by atoms with Crippen molar-refractivity contribution in [2.45, 2.75) is 0 Å². The highest BCUT2D eigenvalue weighted by atomic mass is 16.6. The topological polar surface area (TPSA) is 117 Å². The molecule has 0 atom stereocenters. The van der Waals surface area contributed by atoms with Gasteiger partial charge in [-0.05, 0) is 18.2 Å². The summed E-state index contributed by atoms with van der Waals surface area (Å²) in [5.41, 5.74) is 0.558. The predicted molar refractivity (Wildman–Crippen MR) is 101 cm³/mol. The molecule has 3 heterocycles. The van der Waals surface area contributed by atoms with Crippen molar-refractivity contribution in [1.82, 2.24) is 14.8 Å². The van der Waals surface area contributed by atoms with Gasteiger partial charge in [-0.3, -0.25) is 29.4 Å². The highest BCUT2D eigenvalue weighted by Gasteiger charge is 2.37. The van der Waals surface area contributed by atoms with Gasteiger partial charge in [0, 0.05) is 32.2 Å². The van der Waals surface area contributed by atoms with Crippen molar-refractivity contribution in [3.05, 3.63) is 63.8 Å². The summed E-state index contributed by atoms with van der Waals surface area (Å²) in [7, 11) is 0. The average Bonchev–Trinajstić information content (AvgIpc) is 2.99. The van der Waals surface area contributed by atoms with E-state index >= 15 is 0 Å². The van der Waals surface area contributed by atoms with Crippen molar-refractivity contribution in [3.8, 4) is 0 Å². The SMILES string of the molecule is O=C(CN1C(=O)c2ccccc2C1=O)N1CCN(c2ccc([N+](=O)[O-])cn2)CC1. The molecule has 0 radical (unpaired) electrons. The first-order valence-corrected chi connectivity index (χ1v) is 9.04. The molecule has 1 aromatic heterocycles. The van der Waals surface area contributed by atoms with E-state index in [1.54, 1.807) is 35.2 Å². The summed E-state index contributed by atoms with van der Waals surface area (Å²) in [6, 6.07) is 9.49. The van der Waals surface area contributed by atoms with Crippen LogP contribution in [0, 0.1) is 10.1 Å². The number of aromatic nitrogens is 1. The molecule has 148 valence electrons. The molecule has 0 spiro atoms. The fraction of sp³-hybridized carbons (Fsp3) is 0.263. The molecule has 2 aliphatic heterocycles. The third-order valence-electron chi connectivity index (χ3n) is 5.07. The Kier molecular flexibility index (Phi) is 4.67. The molecule has 10 nitrogen and oxygen atoms in total. The van der Waals surface area contributed by atoms with Gasteiger partial charge in [-0.2, -0.15) is 0 Å². The number of carbonyl (C=O) groups excluding carboxylic acids is 3. The lowest BCUT2D eigenvalue weighted by Crippen LogP contribution is -2.52. The van der Waals surface area contributed by atoms with E-state index in [4.69, 9.17) is 0 Å². The fourth-order valence-corrected chi connectivity index (χ4v) is 3.48. The molecule has 0 bridgehead atoms. The van der Waals surface area contributed by atoms with Crippen LogP contribution < -0.4 is 4.90 Å². The molecular weight excluding hydrogens is 378 g/mol. The molecule has 1 saturated heterocycles. The fourth-order valence-electron chi connectivity index (χ4n) is 3.48. The summed E-state index contributed by atoms with van der Waals surface area (Å²) in [6.45, 7) is 1.51. The zero-order chi connectivity index (χ0) is 20.5. The number of nitrogens with zero attached hydrogens (tertiary/aromatic N) is 5. The standard InChI is InChI=1S/C19H17N5O5/c25-17(12-23-18(26)14-3-1-2-4-15(14)19(23)27)22-9-7-21(8-10-22)16-6-5-13(11-20-16)24(28)29/h1-6,11H,7-10,12H2. The summed E-state index contributed by atoms with van der Waals surface area (Å²) in [6.07, 6.45) is 1.20. The van der Waals surface area contributed by atoms with Gasteiger partial charge in [0.2, 0.25) is 5.91 Å². The van der Waals surface area contributed by atoms with Gasteiger partial charge in [-0.1, -0.05) is 12.1 Å². The van der Waals surface area contributed by atoms with E-state index in [1.807, 2.05) is 4.90 Å². The number of nitro groups is 1. The van der Waals surface area contributed by atoms with Crippen molar-refractivity contribution in [1.29, 1.82) is 0 Å². The Morgan fingerprint density at radius 2 is 1.62 bits per heavy atom. The van der Waals surface area contributed by atoms with E-state index in [0.29, 0.717) is 43.1 Å². The monoisotopic (exact) mass is 395 g/mol. The maximum Gasteiger partial charge on any atom is 0.287 e. The molecular formula is C19H17N5O5. The Bertz CT molecular complexity index is 963. The molecule has 0 unspecified atom stereocenters. The van der Waals surface area contributed by atoms with Crippen molar-refractivity contribution >= 4 is 29.2 Å². The molecule has 1 aromatic carbocycles. The Labute approximate surface area is 165 Å². The molecule has 4 rings (SSSR count). The number of carbonyl (C=O) groups is 3. The van der Waals surface area contributed by atoms with Gasteiger partial charge >= 0.3 is 0 Å². The first-order valence-electron chi connectivity index (χ1n) is 9.04. The maximum absolute atomic E-state index is 12.6. The number of pyridine rings is 1. The number of fused-ring (bicyclic) bond motifs is 1. The van der Waals surface area contributed by atoms with Gasteiger partial charge in [0.25, 0.3) is 17.5 Å². The summed E-state index contributed by atoms with van der Waals surface area (Å²) >= 11 is 0. The van der Waals surface area contributed by atoms with Crippen LogP contribution >= 0.6 is 0 Å². The van der Waals surface area contributed by atoms with Gasteiger partial charge in [0.1, 0.15) is 18.6 Å². The van der Waals surface area contributed by atoms with Gasteiger partial charge in [-0.15, -0.1) is 0 Å². The normalized spacial score (nSPS) is 16.2. The van der Waals surface area contributed by atoms with Crippen LogP contribution in [0.25, 0.3) is 0 Å². The van der Waals surface area contributed by atoms with E-state index in [1.165, 1.54) is 12.3 Å². The molecule has 29 heavy (non-hydrogen) atoms. The lowest BCUT2D eigenvalue weighted by molar-refractivity contribution is -0.385. The quantitative estimate of drug-likeness (QED) is 0.429. The highest BCUT2D eigenvalue weighted by molar-refractivity contribution is 6.22. The minimum atomic E-state index is -0.507. The second-order valence-electron chi connectivity index (χ2n) is 6.74. The van der Waals surface area contributed by atoms with Crippen molar-refractivity contribution < 1.29 is 19.3 Å². The molecule has 0 aliphatic carbocycles. The van der Waals surface area contributed by atoms with Crippen LogP contribution in [0.2, 0.25) is 0 Å². The number of anilines is 1. The second-order valence-corrected chi connectivity index (χ2v) is 6.74. The first-order chi connectivity index (χ1) is 14.0. The molecule has 2 aliphatic rings. The lowest BCUT2D eigenvalue weighted by atomic mass is 10.1. The maximum atomic E-state index is 12.6. The van der Waals surface area contributed by atoms with Crippen LogP contribution in [-0.4, -0.2) is 70.2 Å². The summed E-state index contributed by atoms with van der Waals surface area (Å²) < 4.78 is 0. The van der Waals surface area contributed by atoms with Gasteiger partial charge in [0.15, 0.2) is 0 Å². The van der Waals surface area contributed by atoms with Crippen LogP contribution in [0.5, 0.6) is 0 Å². The molecule has 0 saturated carbocycles. The minimum absolute atomic E-state index is 0.0801. The van der Waals surface area contributed by atoms with Gasteiger partial charge in [-0.25, -0.2) is 4.98 Å². The number of rotatable bonds is 4. The summed E-state index contributed by atoms with van der Waals surface area (Å²) in [5, 5.41) is 10.7. The third kappa shape index (κ3) is 3.40. The largest absolute Gasteiger partial charge is 0.353 e. The van der Waals surface area contributed by atoms with E-state index in [9.17, 15) is 24.5 Å². The summed E-state index contributed by atoms with van der Waals surface area (Å²) in [5.74, 6) is -0.598. The number of benzene rings is 1. The number of piperazine rings is 1. The molecule has 10 heteroatoms. The van der Waals surface area contributed by atoms with E-state index < -0.39 is 16.7 Å². The molecule has 1 fully saturated rings. The van der Waals surface area contributed by atoms with E-state index in [2.05, 4.69) is 4.98 Å². The molecule has 2 aromatic rings. The zero-order valence-corrected chi connectivity index (χ0v) is 15.4. The number of amides is 3. The van der Waals surface area contributed by atoms with Crippen molar-refractivity contribution in [2.75, 3.05) is 37.6 Å². The minimum Gasteiger partial charge on any atom is -0.353 e. The Hall–Kier alpha value is -3.82. The third-order valence-corrected chi connectivity index (χ3v) is 5.07. The Morgan fingerprint density at radius 1 is 1.00 bits per heavy atom. The molecule has 3 amide bonds. The lowest BCUT2D eigenvalue weighted by Gasteiger charge is -2.35. The van der Waals surface area contributed by atoms with Crippen LogP contribution in [0.1, 0.15) is 20.7 Å². The number of hydrogen-bond acceptors (Lipinski definition) is 7. The highest BCUT2D eigenvalue weighted by Crippen LogP contribution is 2.23. The van der Waals surface area contributed by atoms with Crippen molar-refractivity contribution in [2.24, 2.45) is 0 Å². The second kappa shape index (κ2) is 7.30. The number of imide groups is 1. The Morgan fingerprint density at radius 3 is 2.14 bits per heavy atom. The average molecular weight is 395 g/mol. The van der Waals surface area contributed by atoms with Crippen molar-refractivity contribution in [3.63, 3.8) is 0 Å². The summed E-state index contributed by atoms with van der Waals surface area (Å²) in [4.78, 5) is 56.3. The number of hydrogen-bond donors (Lipinski definition) is 0. The Balaban J connectivity index is 1.36. The first kappa shape index (κ1) is 18.5. The smallest absolute Gasteiger partial charge is 0.287 e. The van der Waals surface area contributed by atoms with Crippen LogP contribution in [-0.2, 0) is 4.79 Å². The predicted octanol–water partition coefficient (Wildman–Crippen LogP) is 0.935.